The fraction of sp³-hybridized carbons (Fsp3) is 0. The predicted molar refractivity (Wildman–Crippen MR) is 272 cm³/mol. The van der Waals surface area contributed by atoms with Gasteiger partial charge < -0.3 is 13.7 Å². The third kappa shape index (κ3) is 6.20. The van der Waals surface area contributed by atoms with Crippen molar-refractivity contribution in [2.45, 2.75) is 0 Å². The van der Waals surface area contributed by atoms with Crippen LogP contribution in [0.25, 0.3) is 110 Å². The van der Waals surface area contributed by atoms with Gasteiger partial charge in [-0.05, 0) is 121 Å². The Morgan fingerprint density at radius 2 is 0.831 bits per heavy atom. The zero-order chi connectivity index (χ0) is 42.8. The average molecular weight is 830 g/mol. The standard InChI is InChI=1S/C62H39NO2/c1-4-14-40(15-5-1)47-30-33-53-58(38-47)65-62-51(43-18-8-3-9-19-43)34-35-55(61(53)62)63(56-37-48(41-16-6-2-7-17-41)39-59-60(56)52-22-12-13-23-57(52)64-59)49-31-28-42(29-32-49)46-27-26-45-25-24-44-20-10-11-21-50(44)54(45)36-46/h1-39H. The van der Waals surface area contributed by atoms with Crippen LogP contribution >= 0.6 is 0 Å². The lowest BCUT2D eigenvalue weighted by molar-refractivity contribution is 0.669. The number of hydrogen-bond donors (Lipinski definition) is 0. The molecule has 13 rings (SSSR count). The number of rotatable bonds is 7. The van der Waals surface area contributed by atoms with Gasteiger partial charge >= 0.3 is 0 Å². The minimum absolute atomic E-state index is 0.828. The average Bonchev–Trinajstić information content (AvgIpc) is 3.96. The molecular formula is C62H39NO2. The zero-order valence-electron chi connectivity index (χ0n) is 35.3. The van der Waals surface area contributed by atoms with E-state index in [1.165, 1.54) is 27.1 Å². The van der Waals surface area contributed by atoms with Gasteiger partial charge in [0.25, 0.3) is 0 Å². The van der Waals surface area contributed by atoms with Crippen molar-refractivity contribution in [2.75, 3.05) is 4.90 Å². The van der Waals surface area contributed by atoms with E-state index in [-0.39, 0.29) is 0 Å². The summed E-state index contributed by atoms with van der Waals surface area (Å²) >= 11 is 0. The number of anilines is 3. The van der Waals surface area contributed by atoms with Gasteiger partial charge in [0, 0.05) is 22.0 Å². The summed E-state index contributed by atoms with van der Waals surface area (Å²) in [5.41, 5.74) is 15.3. The van der Waals surface area contributed by atoms with Crippen LogP contribution in [0.1, 0.15) is 0 Å². The van der Waals surface area contributed by atoms with Gasteiger partial charge in [0.15, 0.2) is 0 Å². The van der Waals surface area contributed by atoms with E-state index in [1.807, 2.05) is 6.07 Å². The molecule has 11 aromatic carbocycles. The van der Waals surface area contributed by atoms with Crippen LogP contribution in [0.4, 0.5) is 17.1 Å². The SMILES string of the molecule is c1ccc(-c2ccc3c(c2)oc2c(-c4ccccc4)ccc(N(c4ccc(-c5ccc6ccc7ccccc7c6c5)cc4)c4cc(-c5ccccc5)cc5oc6ccccc6c45)c23)cc1. The molecule has 0 aliphatic heterocycles. The van der Waals surface area contributed by atoms with Crippen LogP contribution in [-0.2, 0) is 0 Å². The molecule has 2 aromatic heterocycles. The number of para-hydroxylation sites is 1. The van der Waals surface area contributed by atoms with Gasteiger partial charge in [0.05, 0.1) is 22.1 Å². The number of fused-ring (bicyclic) bond motifs is 9. The Hall–Kier alpha value is -8.66. The Balaban J connectivity index is 1.09. The molecule has 0 spiro atoms. The Bertz CT molecular complexity index is 3920. The Labute approximate surface area is 375 Å². The summed E-state index contributed by atoms with van der Waals surface area (Å²) in [6, 6.07) is 84.6. The van der Waals surface area contributed by atoms with Crippen molar-refractivity contribution in [3.05, 3.63) is 237 Å². The van der Waals surface area contributed by atoms with Gasteiger partial charge in [-0.15, -0.1) is 0 Å². The number of benzene rings is 11. The minimum Gasteiger partial charge on any atom is -0.456 e. The van der Waals surface area contributed by atoms with Crippen molar-refractivity contribution >= 4 is 82.5 Å². The van der Waals surface area contributed by atoms with Crippen molar-refractivity contribution in [3.63, 3.8) is 0 Å². The fourth-order valence-electron chi connectivity index (χ4n) is 9.90. The van der Waals surface area contributed by atoms with E-state index in [4.69, 9.17) is 8.83 Å². The van der Waals surface area contributed by atoms with E-state index < -0.39 is 0 Å². The minimum atomic E-state index is 0.828. The predicted octanol–water partition coefficient (Wildman–Crippen LogP) is 17.9. The van der Waals surface area contributed by atoms with Gasteiger partial charge in [0.1, 0.15) is 22.3 Å². The summed E-state index contributed by atoms with van der Waals surface area (Å²) in [6.07, 6.45) is 0. The Morgan fingerprint density at radius 3 is 1.60 bits per heavy atom. The lowest BCUT2D eigenvalue weighted by Gasteiger charge is -2.28. The monoisotopic (exact) mass is 829 g/mol. The quantitative estimate of drug-likeness (QED) is 0.150. The van der Waals surface area contributed by atoms with Crippen LogP contribution in [0.2, 0.25) is 0 Å². The molecular weight excluding hydrogens is 791 g/mol. The Morgan fingerprint density at radius 1 is 0.277 bits per heavy atom. The molecule has 0 radical (unpaired) electrons. The zero-order valence-corrected chi connectivity index (χ0v) is 35.3. The van der Waals surface area contributed by atoms with E-state index in [9.17, 15) is 0 Å². The fourth-order valence-corrected chi connectivity index (χ4v) is 9.90. The molecule has 0 atom stereocenters. The van der Waals surface area contributed by atoms with E-state index >= 15 is 0 Å². The van der Waals surface area contributed by atoms with E-state index in [1.54, 1.807) is 0 Å². The van der Waals surface area contributed by atoms with E-state index in [2.05, 4.69) is 235 Å². The smallest absolute Gasteiger partial charge is 0.145 e. The van der Waals surface area contributed by atoms with Gasteiger partial charge in [-0.1, -0.05) is 176 Å². The number of nitrogens with zero attached hydrogens (tertiary/aromatic N) is 1. The molecule has 0 N–H and O–H groups in total. The maximum absolute atomic E-state index is 7.10. The molecule has 0 saturated heterocycles. The molecule has 0 unspecified atom stereocenters. The summed E-state index contributed by atoms with van der Waals surface area (Å²) < 4.78 is 13.8. The van der Waals surface area contributed by atoms with Gasteiger partial charge in [0.2, 0.25) is 0 Å². The lowest BCUT2D eigenvalue weighted by Crippen LogP contribution is -2.11. The van der Waals surface area contributed by atoms with Crippen molar-refractivity contribution in [1.82, 2.24) is 0 Å². The molecule has 2 heterocycles. The van der Waals surface area contributed by atoms with E-state index in [0.29, 0.717) is 0 Å². The molecule has 65 heavy (non-hydrogen) atoms. The van der Waals surface area contributed by atoms with Crippen LogP contribution in [0.15, 0.2) is 245 Å². The molecule has 0 fully saturated rings. The number of furan rings is 2. The van der Waals surface area contributed by atoms with E-state index in [0.717, 1.165) is 99.9 Å². The van der Waals surface area contributed by atoms with Crippen LogP contribution in [0, 0.1) is 0 Å². The molecule has 0 saturated carbocycles. The summed E-state index contributed by atoms with van der Waals surface area (Å²) in [5, 5.41) is 9.18. The van der Waals surface area contributed by atoms with Crippen LogP contribution in [-0.4, -0.2) is 0 Å². The molecule has 0 amide bonds. The third-order valence-electron chi connectivity index (χ3n) is 13.0. The topological polar surface area (TPSA) is 29.5 Å². The van der Waals surface area contributed by atoms with Crippen molar-refractivity contribution in [1.29, 1.82) is 0 Å². The van der Waals surface area contributed by atoms with Crippen LogP contribution in [0.3, 0.4) is 0 Å². The molecule has 304 valence electrons. The van der Waals surface area contributed by atoms with Gasteiger partial charge in [-0.25, -0.2) is 0 Å². The molecule has 3 nitrogen and oxygen atoms in total. The molecule has 0 bridgehead atoms. The van der Waals surface area contributed by atoms with Crippen molar-refractivity contribution < 1.29 is 8.83 Å². The second-order valence-electron chi connectivity index (χ2n) is 16.8. The maximum atomic E-state index is 7.10. The first-order chi connectivity index (χ1) is 32.2. The lowest BCUT2D eigenvalue weighted by atomic mass is 9.96. The highest BCUT2D eigenvalue weighted by Gasteiger charge is 2.26. The van der Waals surface area contributed by atoms with Crippen LogP contribution < -0.4 is 4.90 Å². The molecule has 13 aromatic rings. The van der Waals surface area contributed by atoms with Gasteiger partial charge in [-0.3, -0.25) is 0 Å². The largest absolute Gasteiger partial charge is 0.456 e. The molecule has 0 aliphatic rings. The van der Waals surface area contributed by atoms with Crippen LogP contribution in [0.5, 0.6) is 0 Å². The first-order valence-electron chi connectivity index (χ1n) is 22.1. The summed E-state index contributed by atoms with van der Waals surface area (Å²) in [5.74, 6) is 0. The first kappa shape index (κ1) is 36.9. The summed E-state index contributed by atoms with van der Waals surface area (Å²) in [6.45, 7) is 0. The highest BCUT2D eigenvalue weighted by Crippen LogP contribution is 2.50. The highest BCUT2D eigenvalue weighted by atomic mass is 16.3. The molecule has 3 heteroatoms. The molecule has 0 aliphatic carbocycles. The second kappa shape index (κ2) is 15.0. The first-order valence-corrected chi connectivity index (χ1v) is 22.1. The van der Waals surface area contributed by atoms with Gasteiger partial charge in [-0.2, -0.15) is 0 Å². The second-order valence-corrected chi connectivity index (χ2v) is 16.8. The normalized spacial score (nSPS) is 11.7. The maximum Gasteiger partial charge on any atom is 0.145 e. The summed E-state index contributed by atoms with van der Waals surface area (Å²) in [4.78, 5) is 2.42. The highest BCUT2D eigenvalue weighted by molar-refractivity contribution is 6.21. The third-order valence-corrected chi connectivity index (χ3v) is 13.0. The summed E-state index contributed by atoms with van der Waals surface area (Å²) in [7, 11) is 0. The number of hydrogen-bond acceptors (Lipinski definition) is 3. The van der Waals surface area contributed by atoms with Crippen molar-refractivity contribution in [3.8, 4) is 44.5 Å². The Kier molecular flexibility index (Phi) is 8.53. The van der Waals surface area contributed by atoms with Crippen molar-refractivity contribution in [2.24, 2.45) is 0 Å².